The maximum Gasteiger partial charge on any atom is 0.238 e. The Hall–Kier alpha value is -1.74. The number of hydrogen-bond acceptors (Lipinski definition) is 3. The summed E-state index contributed by atoms with van der Waals surface area (Å²) in [5, 5.41) is 0.408. The molecule has 0 saturated heterocycles. The van der Waals surface area contributed by atoms with Crippen LogP contribution in [0.15, 0.2) is 36.5 Å². The van der Waals surface area contributed by atoms with Crippen LogP contribution in [-0.2, 0) is 0 Å². The first-order valence-corrected chi connectivity index (χ1v) is 6.66. The fourth-order valence-electron chi connectivity index (χ4n) is 1.73. The molecule has 0 bridgehead atoms. The summed E-state index contributed by atoms with van der Waals surface area (Å²) in [5.41, 5.74) is 7.40. The Balaban J connectivity index is 2.15. The molecule has 0 radical (unpaired) electrons. The number of halogens is 1. The van der Waals surface area contributed by atoms with Crippen LogP contribution in [0.4, 0.5) is 5.69 Å². The predicted molar refractivity (Wildman–Crippen MR) is 78.9 cm³/mol. The van der Waals surface area contributed by atoms with Gasteiger partial charge in [-0.1, -0.05) is 37.6 Å². The van der Waals surface area contributed by atoms with E-state index in [-0.39, 0.29) is 0 Å². The van der Waals surface area contributed by atoms with Gasteiger partial charge in [0.05, 0.1) is 11.9 Å². The number of nitrogens with zero attached hydrogens (tertiary/aromatic N) is 1. The van der Waals surface area contributed by atoms with E-state index < -0.39 is 0 Å². The third-order valence-electron chi connectivity index (χ3n) is 3.10. The first-order valence-electron chi connectivity index (χ1n) is 6.29. The highest BCUT2D eigenvalue weighted by molar-refractivity contribution is 6.32. The summed E-state index contributed by atoms with van der Waals surface area (Å²) in [5.74, 6) is 1.63. The van der Waals surface area contributed by atoms with Gasteiger partial charge in [-0.3, -0.25) is 0 Å². The quantitative estimate of drug-likeness (QED) is 0.886. The molecular weight excluding hydrogens is 260 g/mol. The first kappa shape index (κ1) is 13.7. The molecule has 19 heavy (non-hydrogen) atoms. The summed E-state index contributed by atoms with van der Waals surface area (Å²) in [6.07, 6.45) is 2.64. The highest BCUT2D eigenvalue weighted by Gasteiger charge is 2.07. The van der Waals surface area contributed by atoms with Gasteiger partial charge in [0.1, 0.15) is 10.8 Å². The van der Waals surface area contributed by atoms with Crippen molar-refractivity contribution in [3.05, 3.63) is 47.1 Å². The molecule has 3 nitrogen and oxygen atoms in total. The molecule has 1 heterocycles. The van der Waals surface area contributed by atoms with Crippen molar-refractivity contribution in [1.29, 1.82) is 0 Å². The SMILES string of the molecule is CCC(C)c1ccc(Oc2ncc(N)cc2Cl)cc1. The molecule has 2 aromatic rings. The van der Waals surface area contributed by atoms with Gasteiger partial charge in [-0.2, -0.15) is 0 Å². The number of benzene rings is 1. The Morgan fingerprint density at radius 3 is 2.58 bits per heavy atom. The third-order valence-corrected chi connectivity index (χ3v) is 3.38. The summed E-state index contributed by atoms with van der Waals surface area (Å²) in [4.78, 5) is 4.07. The lowest BCUT2D eigenvalue weighted by Gasteiger charge is -2.10. The van der Waals surface area contributed by atoms with E-state index in [1.807, 2.05) is 12.1 Å². The van der Waals surface area contributed by atoms with Crippen LogP contribution in [-0.4, -0.2) is 4.98 Å². The second-order valence-electron chi connectivity index (χ2n) is 4.54. The minimum atomic E-state index is 0.368. The van der Waals surface area contributed by atoms with E-state index in [0.29, 0.717) is 28.3 Å². The molecule has 2 N–H and O–H groups in total. The van der Waals surface area contributed by atoms with Crippen molar-refractivity contribution < 1.29 is 4.74 Å². The van der Waals surface area contributed by atoms with Crippen molar-refractivity contribution >= 4 is 17.3 Å². The number of nitrogen functional groups attached to an aromatic ring is 1. The zero-order valence-corrected chi connectivity index (χ0v) is 11.8. The van der Waals surface area contributed by atoms with Gasteiger partial charge in [0.15, 0.2) is 0 Å². The van der Waals surface area contributed by atoms with Gasteiger partial charge in [-0.15, -0.1) is 0 Å². The van der Waals surface area contributed by atoms with Gasteiger partial charge in [-0.05, 0) is 36.1 Å². The van der Waals surface area contributed by atoms with E-state index >= 15 is 0 Å². The van der Waals surface area contributed by atoms with Crippen molar-refractivity contribution in [2.45, 2.75) is 26.2 Å². The normalized spacial score (nSPS) is 12.2. The third kappa shape index (κ3) is 3.38. The number of pyridine rings is 1. The van der Waals surface area contributed by atoms with Crippen molar-refractivity contribution in [1.82, 2.24) is 4.98 Å². The van der Waals surface area contributed by atoms with Crippen LogP contribution >= 0.6 is 11.6 Å². The molecule has 100 valence electrons. The largest absolute Gasteiger partial charge is 0.438 e. The lowest BCUT2D eigenvalue weighted by Crippen LogP contribution is -1.93. The summed E-state index contributed by atoms with van der Waals surface area (Å²) in [6.45, 7) is 4.38. The van der Waals surface area contributed by atoms with Crippen molar-refractivity contribution in [3.8, 4) is 11.6 Å². The molecule has 0 aliphatic heterocycles. The monoisotopic (exact) mass is 276 g/mol. The average molecular weight is 277 g/mol. The van der Waals surface area contributed by atoms with E-state index in [1.54, 1.807) is 6.07 Å². The van der Waals surface area contributed by atoms with Crippen LogP contribution in [0, 0.1) is 0 Å². The van der Waals surface area contributed by atoms with Crippen molar-refractivity contribution in [2.75, 3.05) is 5.73 Å². The van der Waals surface area contributed by atoms with Crippen LogP contribution in [0.5, 0.6) is 11.6 Å². The lowest BCUT2D eigenvalue weighted by molar-refractivity contribution is 0.463. The molecule has 1 atom stereocenters. The van der Waals surface area contributed by atoms with Crippen LogP contribution in [0.1, 0.15) is 31.7 Å². The van der Waals surface area contributed by atoms with Crippen LogP contribution in [0.2, 0.25) is 5.02 Å². The molecule has 0 aliphatic carbocycles. The number of rotatable bonds is 4. The Bertz CT molecular complexity index is 555. The average Bonchev–Trinajstić information content (AvgIpc) is 2.42. The summed E-state index contributed by atoms with van der Waals surface area (Å²) in [6, 6.07) is 9.60. The van der Waals surface area contributed by atoms with Crippen molar-refractivity contribution in [3.63, 3.8) is 0 Å². The standard InChI is InChI=1S/C15H17ClN2O/c1-3-10(2)11-4-6-13(7-5-11)19-15-14(16)8-12(17)9-18-15/h4-10H,3,17H2,1-2H3. The summed E-state index contributed by atoms with van der Waals surface area (Å²) in [7, 11) is 0. The predicted octanol–water partition coefficient (Wildman–Crippen LogP) is 4.62. The molecule has 4 heteroatoms. The summed E-state index contributed by atoms with van der Waals surface area (Å²) < 4.78 is 5.63. The van der Waals surface area contributed by atoms with Crippen LogP contribution in [0.25, 0.3) is 0 Å². The van der Waals surface area contributed by atoms with Gasteiger partial charge < -0.3 is 10.5 Å². The zero-order valence-electron chi connectivity index (χ0n) is 11.1. The van der Waals surface area contributed by atoms with E-state index in [1.165, 1.54) is 11.8 Å². The van der Waals surface area contributed by atoms with Crippen LogP contribution < -0.4 is 10.5 Å². The number of anilines is 1. The Morgan fingerprint density at radius 2 is 2.00 bits per heavy atom. The van der Waals surface area contributed by atoms with Crippen molar-refractivity contribution in [2.24, 2.45) is 0 Å². The van der Waals surface area contributed by atoms with E-state index in [0.717, 1.165) is 6.42 Å². The number of ether oxygens (including phenoxy) is 1. The maximum atomic E-state index is 6.02. The van der Waals surface area contributed by atoms with Gasteiger partial charge in [0, 0.05) is 0 Å². The molecule has 0 spiro atoms. The van der Waals surface area contributed by atoms with Gasteiger partial charge in [0.2, 0.25) is 5.88 Å². The lowest BCUT2D eigenvalue weighted by atomic mass is 9.99. The topological polar surface area (TPSA) is 48.1 Å². The van der Waals surface area contributed by atoms with Gasteiger partial charge in [-0.25, -0.2) is 4.98 Å². The second-order valence-corrected chi connectivity index (χ2v) is 4.94. The molecule has 0 aliphatic rings. The number of hydrogen-bond donors (Lipinski definition) is 1. The fraction of sp³-hybridized carbons (Fsp3) is 0.267. The zero-order chi connectivity index (χ0) is 13.8. The Kier molecular flexibility index (Phi) is 4.27. The first-order chi connectivity index (χ1) is 9.10. The highest BCUT2D eigenvalue weighted by atomic mass is 35.5. The van der Waals surface area contributed by atoms with E-state index in [4.69, 9.17) is 22.1 Å². The molecule has 0 saturated carbocycles. The van der Waals surface area contributed by atoms with Gasteiger partial charge in [0.25, 0.3) is 0 Å². The minimum absolute atomic E-state index is 0.368. The molecule has 0 amide bonds. The van der Waals surface area contributed by atoms with Crippen LogP contribution in [0.3, 0.4) is 0 Å². The number of aromatic nitrogens is 1. The Morgan fingerprint density at radius 1 is 1.32 bits per heavy atom. The molecule has 2 rings (SSSR count). The maximum absolute atomic E-state index is 6.02. The molecular formula is C15H17ClN2O. The molecule has 0 fully saturated rings. The molecule has 1 aromatic heterocycles. The molecule has 1 unspecified atom stereocenters. The minimum Gasteiger partial charge on any atom is -0.438 e. The molecule has 1 aromatic carbocycles. The van der Waals surface area contributed by atoms with E-state index in [2.05, 4.69) is 31.0 Å². The van der Waals surface area contributed by atoms with Gasteiger partial charge >= 0.3 is 0 Å². The van der Waals surface area contributed by atoms with E-state index in [9.17, 15) is 0 Å². The summed E-state index contributed by atoms with van der Waals surface area (Å²) >= 11 is 6.02. The fourth-order valence-corrected chi connectivity index (χ4v) is 1.94. The second kappa shape index (κ2) is 5.93. The number of nitrogens with two attached hydrogens (primary N) is 1. The highest BCUT2D eigenvalue weighted by Crippen LogP contribution is 2.29. The smallest absolute Gasteiger partial charge is 0.238 e. The Labute approximate surface area is 118 Å².